The van der Waals surface area contributed by atoms with Gasteiger partial charge in [0.25, 0.3) is 0 Å². The van der Waals surface area contributed by atoms with Gasteiger partial charge in [-0.2, -0.15) is 16.7 Å². The first-order valence-electron chi connectivity index (χ1n) is 6.10. The minimum atomic E-state index is -0.476. The number of anilines is 2. The van der Waals surface area contributed by atoms with Crippen LogP contribution in [0.4, 0.5) is 17.5 Å². The molecule has 0 saturated carbocycles. The fourth-order valence-electron chi connectivity index (χ4n) is 1.28. The molecule has 0 bridgehead atoms. The maximum Gasteiger partial charge on any atom is 0.329 e. The molecule has 7 nitrogen and oxygen atoms in total. The molecule has 8 heteroatoms. The van der Waals surface area contributed by atoms with Gasteiger partial charge < -0.3 is 10.6 Å². The zero-order valence-corrected chi connectivity index (χ0v) is 12.2. The predicted octanol–water partition coefficient (Wildman–Crippen LogP) is 2.37. The Morgan fingerprint density at radius 2 is 2.26 bits per heavy atom. The molecule has 19 heavy (non-hydrogen) atoms. The van der Waals surface area contributed by atoms with Gasteiger partial charge in [0.15, 0.2) is 0 Å². The summed E-state index contributed by atoms with van der Waals surface area (Å²) in [6.07, 6.45) is 4.17. The molecule has 0 fully saturated rings. The largest absolute Gasteiger partial charge is 0.363 e. The van der Waals surface area contributed by atoms with E-state index in [4.69, 9.17) is 0 Å². The van der Waals surface area contributed by atoms with E-state index in [-0.39, 0.29) is 11.5 Å². The highest BCUT2D eigenvalue weighted by Crippen LogP contribution is 2.22. The number of nitrogens with zero attached hydrogens (tertiary/aromatic N) is 3. The van der Waals surface area contributed by atoms with Gasteiger partial charge in [0.1, 0.15) is 6.20 Å². The van der Waals surface area contributed by atoms with Crippen LogP contribution in [0.1, 0.15) is 20.3 Å². The van der Waals surface area contributed by atoms with Crippen LogP contribution in [0.25, 0.3) is 0 Å². The van der Waals surface area contributed by atoms with Gasteiger partial charge in [0.2, 0.25) is 11.8 Å². The Hall–Kier alpha value is -1.57. The average Bonchev–Trinajstić information content (AvgIpc) is 2.42. The minimum Gasteiger partial charge on any atom is -0.363 e. The molecule has 1 rings (SSSR count). The lowest BCUT2D eigenvalue weighted by atomic mass is 10.4. The molecule has 1 unspecified atom stereocenters. The van der Waals surface area contributed by atoms with Crippen molar-refractivity contribution in [1.29, 1.82) is 0 Å². The Labute approximate surface area is 116 Å². The summed E-state index contributed by atoms with van der Waals surface area (Å²) in [7, 11) is 0. The molecular formula is C11H19N5O2S. The van der Waals surface area contributed by atoms with E-state index >= 15 is 0 Å². The fraction of sp³-hybridized carbons (Fsp3) is 0.636. The number of nitro groups is 1. The van der Waals surface area contributed by atoms with E-state index in [1.807, 2.05) is 20.1 Å². The molecule has 0 aromatic carbocycles. The van der Waals surface area contributed by atoms with Crippen LogP contribution in [0.3, 0.4) is 0 Å². The molecule has 0 radical (unpaired) electrons. The number of nitrogens with one attached hydrogen (secondary N) is 2. The topological polar surface area (TPSA) is 93.0 Å². The molecular weight excluding hydrogens is 266 g/mol. The van der Waals surface area contributed by atoms with Gasteiger partial charge in [-0.25, -0.2) is 4.98 Å². The third-order valence-corrected chi connectivity index (χ3v) is 3.43. The van der Waals surface area contributed by atoms with Crippen molar-refractivity contribution in [3.05, 3.63) is 16.3 Å². The first-order chi connectivity index (χ1) is 9.08. The Balaban J connectivity index is 2.85. The van der Waals surface area contributed by atoms with Crippen LogP contribution in [0, 0.1) is 10.1 Å². The van der Waals surface area contributed by atoms with Gasteiger partial charge >= 0.3 is 5.69 Å². The van der Waals surface area contributed by atoms with Crippen LogP contribution in [-0.2, 0) is 0 Å². The average molecular weight is 285 g/mol. The Kier molecular flexibility index (Phi) is 6.34. The van der Waals surface area contributed by atoms with Crippen LogP contribution in [-0.4, -0.2) is 39.5 Å². The van der Waals surface area contributed by atoms with Crippen LogP contribution in [0.2, 0.25) is 0 Å². The Morgan fingerprint density at radius 3 is 2.84 bits per heavy atom. The third-order valence-electron chi connectivity index (χ3n) is 2.46. The van der Waals surface area contributed by atoms with Crippen molar-refractivity contribution in [3.63, 3.8) is 0 Å². The zero-order valence-electron chi connectivity index (χ0n) is 11.3. The second-order valence-corrected chi connectivity index (χ2v) is 5.31. The predicted molar refractivity (Wildman–Crippen MR) is 78.9 cm³/mol. The van der Waals surface area contributed by atoms with E-state index in [0.29, 0.717) is 17.7 Å². The maximum absolute atomic E-state index is 10.9. The van der Waals surface area contributed by atoms with Crippen molar-refractivity contribution in [2.75, 3.05) is 30.0 Å². The second kappa shape index (κ2) is 7.78. The Bertz CT molecular complexity index is 430. The summed E-state index contributed by atoms with van der Waals surface area (Å²) in [4.78, 5) is 18.5. The number of hydrogen-bond donors (Lipinski definition) is 2. The van der Waals surface area contributed by atoms with Gasteiger partial charge in [-0.3, -0.25) is 10.1 Å². The molecule has 1 atom stereocenters. The number of thioether (sulfide) groups is 1. The number of rotatable bonds is 8. The van der Waals surface area contributed by atoms with E-state index in [9.17, 15) is 10.1 Å². The highest BCUT2D eigenvalue weighted by molar-refractivity contribution is 7.99. The summed E-state index contributed by atoms with van der Waals surface area (Å²) in [5, 5.41) is 17.3. The lowest BCUT2D eigenvalue weighted by molar-refractivity contribution is -0.384. The van der Waals surface area contributed by atoms with Gasteiger partial charge in [-0.15, -0.1) is 0 Å². The summed E-state index contributed by atoms with van der Waals surface area (Å²) in [5.74, 6) is 0.672. The maximum atomic E-state index is 10.9. The molecule has 2 N–H and O–H groups in total. The van der Waals surface area contributed by atoms with Crippen LogP contribution >= 0.6 is 11.8 Å². The zero-order chi connectivity index (χ0) is 14.3. The van der Waals surface area contributed by atoms with E-state index in [0.717, 1.165) is 13.0 Å². The second-order valence-electron chi connectivity index (χ2n) is 4.04. The third kappa shape index (κ3) is 4.90. The first-order valence-corrected chi connectivity index (χ1v) is 7.39. The summed E-state index contributed by atoms with van der Waals surface area (Å²) in [5.41, 5.74) is -0.102. The van der Waals surface area contributed by atoms with Crippen molar-refractivity contribution in [1.82, 2.24) is 9.97 Å². The molecule has 0 aliphatic heterocycles. The van der Waals surface area contributed by atoms with Crippen LogP contribution in [0.15, 0.2) is 6.20 Å². The van der Waals surface area contributed by atoms with Gasteiger partial charge in [-0.1, -0.05) is 13.8 Å². The molecule has 106 valence electrons. The molecule has 0 aliphatic rings. The smallest absolute Gasteiger partial charge is 0.329 e. The van der Waals surface area contributed by atoms with E-state index in [2.05, 4.69) is 20.6 Å². The first kappa shape index (κ1) is 15.5. The lowest BCUT2D eigenvalue weighted by Crippen LogP contribution is -2.16. The van der Waals surface area contributed by atoms with Crippen LogP contribution < -0.4 is 10.6 Å². The molecule has 0 spiro atoms. The molecule has 0 aliphatic carbocycles. The number of aromatic nitrogens is 2. The van der Waals surface area contributed by atoms with Crippen molar-refractivity contribution in [2.24, 2.45) is 0 Å². The molecule has 0 saturated heterocycles. The summed E-state index contributed by atoms with van der Waals surface area (Å²) in [6, 6.07) is 0. The highest BCUT2D eigenvalue weighted by Gasteiger charge is 2.17. The summed E-state index contributed by atoms with van der Waals surface area (Å²) >= 11 is 1.68. The summed E-state index contributed by atoms with van der Waals surface area (Å²) < 4.78 is 0. The van der Waals surface area contributed by atoms with Crippen molar-refractivity contribution in [3.8, 4) is 0 Å². The SMILES string of the molecule is CCCNc1ncc([N+](=O)[O-])c(NCC(C)SC)n1. The van der Waals surface area contributed by atoms with Crippen LogP contribution in [0.5, 0.6) is 0 Å². The van der Waals surface area contributed by atoms with Crippen molar-refractivity contribution in [2.45, 2.75) is 25.5 Å². The molecule has 1 aromatic rings. The standard InChI is InChI=1S/C11H19N5O2S/c1-4-5-12-11-14-7-9(16(17)18)10(15-11)13-6-8(2)19-3/h7-8H,4-6H2,1-3H3,(H2,12,13,14,15). The number of hydrogen-bond acceptors (Lipinski definition) is 7. The fourth-order valence-corrected chi connectivity index (χ4v) is 1.53. The van der Waals surface area contributed by atoms with E-state index in [1.54, 1.807) is 11.8 Å². The highest BCUT2D eigenvalue weighted by atomic mass is 32.2. The van der Waals surface area contributed by atoms with Crippen molar-refractivity contribution < 1.29 is 4.92 Å². The van der Waals surface area contributed by atoms with E-state index < -0.39 is 4.92 Å². The molecule has 0 amide bonds. The lowest BCUT2D eigenvalue weighted by Gasteiger charge is -2.11. The van der Waals surface area contributed by atoms with Gasteiger partial charge in [-0.05, 0) is 12.7 Å². The van der Waals surface area contributed by atoms with Crippen molar-refractivity contribution >= 4 is 29.2 Å². The monoisotopic (exact) mass is 285 g/mol. The van der Waals surface area contributed by atoms with Gasteiger partial charge in [0, 0.05) is 18.3 Å². The summed E-state index contributed by atoms with van der Waals surface area (Å²) in [6.45, 7) is 5.42. The molecule has 1 heterocycles. The normalized spacial score (nSPS) is 11.9. The van der Waals surface area contributed by atoms with Gasteiger partial charge in [0.05, 0.1) is 4.92 Å². The quantitative estimate of drug-likeness (QED) is 0.559. The molecule has 1 aromatic heterocycles. The van der Waals surface area contributed by atoms with E-state index in [1.165, 1.54) is 6.20 Å². The minimum absolute atomic E-state index is 0.102. The Morgan fingerprint density at radius 1 is 1.53 bits per heavy atom.